The van der Waals surface area contributed by atoms with E-state index in [0.29, 0.717) is 16.7 Å². The number of carbonyl (C=O) groups excluding carboxylic acids is 1. The van der Waals surface area contributed by atoms with Crippen molar-refractivity contribution in [3.05, 3.63) is 33.8 Å². The van der Waals surface area contributed by atoms with Gasteiger partial charge in [0.1, 0.15) is 17.4 Å². The third-order valence-electron chi connectivity index (χ3n) is 3.10. The van der Waals surface area contributed by atoms with E-state index in [4.69, 9.17) is 9.47 Å². The lowest BCUT2D eigenvalue weighted by Crippen LogP contribution is -2.20. The molecule has 1 amide bonds. The number of anilines is 1. The number of benzene rings is 1. The summed E-state index contributed by atoms with van der Waals surface area (Å²) >= 11 is 1.28. The number of nitrogens with zero attached hydrogens (tertiary/aromatic N) is 2. The van der Waals surface area contributed by atoms with Gasteiger partial charge >= 0.3 is 0 Å². The second kappa shape index (κ2) is 7.33. The normalized spacial score (nSPS) is 10.5. The van der Waals surface area contributed by atoms with E-state index in [9.17, 15) is 4.79 Å². The largest absolute Gasteiger partial charge is 0.483 e. The fourth-order valence-corrected chi connectivity index (χ4v) is 2.66. The van der Waals surface area contributed by atoms with Gasteiger partial charge in [0.15, 0.2) is 6.61 Å². The molecular weight excluding hydrogens is 302 g/mol. The minimum absolute atomic E-state index is 0.0665. The Morgan fingerprint density at radius 1 is 1.27 bits per heavy atom. The van der Waals surface area contributed by atoms with Gasteiger partial charge in [-0.3, -0.25) is 10.1 Å². The molecule has 22 heavy (non-hydrogen) atoms. The quantitative estimate of drug-likeness (QED) is 0.885. The number of nitrogens with one attached hydrogen (secondary N) is 1. The summed E-state index contributed by atoms with van der Waals surface area (Å²) in [6, 6.07) is 4.01. The van der Waals surface area contributed by atoms with Gasteiger partial charge < -0.3 is 9.47 Å². The van der Waals surface area contributed by atoms with E-state index in [1.807, 2.05) is 26.8 Å². The highest BCUT2D eigenvalue weighted by molar-refractivity contribution is 7.15. The maximum absolute atomic E-state index is 11.9. The van der Waals surface area contributed by atoms with Gasteiger partial charge in [-0.1, -0.05) is 17.4 Å². The van der Waals surface area contributed by atoms with Gasteiger partial charge in [0, 0.05) is 7.11 Å². The average molecular weight is 321 g/mol. The molecule has 0 saturated carbocycles. The van der Waals surface area contributed by atoms with Crippen LogP contribution in [0.15, 0.2) is 12.1 Å². The van der Waals surface area contributed by atoms with Crippen molar-refractivity contribution in [3.63, 3.8) is 0 Å². The predicted molar refractivity (Wildman–Crippen MR) is 85.4 cm³/mol. The van der Waals surface area contributed by atoms with Crippen LogP contribution in [0.25, 0.3) is 0 Å². The first kappa shape index (κ1) is 16.4. The molecule has 0 aliphatic carbocycles. The highest BCUT2D eigenvalue weighted by atomic mass is 32.1. The van der Waals surface area contributed by atoms with Crippen LogP contribution in [0.1, 0.15) is 21.7 Å². The van der Waals surface area contributed by atoms with Crippen LogP contribution in [0, 0.1) is 20.8 Å². The summed E-state index contributed by atoms with van der Waals surface area (Å²) in [5.74, 6) is 0.462. The van der Waals surface area contributed by atoms with Crippen molar-refractivity contribution in [2.45, 2.75) is 27.4 Å². The number of hydrogen-bond acceptors (Lipinski definition) is 6. The summed E-state index contributed by atoms with van der Waals surface area (Å²) in [7, 11) is 1.58. The van der Waals surface area contributed by atoms with Gasteiger partial charge in [-0.2, -0.15) is 0 Å². The summed E-state index contributed by atoms with van der Waals surface area (Å²) < 4.78 is 10.6. The second-order valence-electron chi connectivity index (χ2n) is 4.98. The molecule has 0 aliphatic heterocycles. The van der Waals surface area contributed by atoms with Crippen molar-refractivity contribution in [1.82, 2.24) is 10.2 Å². The SMILES string of the molecule is COCc1nnc(NC(=O)COc2cc(C)cc(C)c2C)s1. The molecule has 0 spiro atoms. The Balaban J connectivity index is 1.92. The van der Waals surface area contributed by atoms with Gasteiger partial charge in [-0.05, 0) is 43.5 Å². The van der Waals surface area contributed by atoms with Crippen molar-refractivity contribution in [1.29, 1.82) is 0 Å². The Morgan fingerprint density at radius 3 is 2.77 bits per heavy atom. The van der Waals surface area contributed by atoms with Crippen LogP contribution < -0.4 is 10.1 Å². The summed E-state index contributed by atoms with van der Waals surface area (Å²) in [6.07, 6.45) is 0. The van der Waals surface area contributed by atoms with E-state index < -0.39 is 0 Å². The van der Waals surface area contributed by atoms with E-state index >= 15 is 0 Å². The molecule has 6 nitrogen and oxygen atoms in total. The number of amides is 1. The van der Waals surface area contributed by atoms with Crippen molar-refractivity contribution >= 4 is 22.4 Å². The van der Waals surface area contributed by atoms with Crippen LogP contribution in [-0.2, 0) is 16.1 Å². The molecule has 0 atom stereocenters. The summed E-state index contributed by atoms with van der Waals surface area (Å²) in [5, 5.41) is 11.6. The Morgan fingerprint density at radius 2 is 2.05 bits per heavy atom. The lowest BCUT2D eigenvalue weighted by atomic mass is 10.1. The van der Waals surface area contributed by atoms with E-state index in [2.05, 4.69) is 21.6 Å². The fraction of sp³-hybridized carbons (Fsp3) is 0.400. The number of aryl methyl sites for hydroxylation is 2. The van der Waals surface area contributed by atoms with E-state index in [0.717, 1.165) is 22.4 Å². The number of carbonyl (C=O) groups is 1. The summed E-state index contributed by atoms with van der Waals surface area (Å²) in [5.41, 5.74) is 3.28. The van der Waals surface area contributed by atoms with E-state index in [1.54, 1.807) is 7.11 Å². The first-order valence-electron chi connectivity index (χ1n) is 6.81. The molecule has 1 aromatic carbocycles. The van der Waals surface area contributed by atoms with Crippen molar-refractivity contribution < 1.29 is 14.3 Å². The van der Waals surface area contributed by atoms with Crippen LogP contribution in [0.4, 0.5) is 5.13 Å². The van der Waals surface area contributed by atoms with Crippen LogP contribution in [-0.4, -0.2) is 29.8 Å². The third kappa shape index (κ3) is 4.25. The second-order valence-corrected chi connectivity index (χ2v) is 6.04. The summed E-state index contributed by atoms with van der Waals surface area (Å²) in [4.78, 5) is 11.9. The Bertz CT molecular complexity index is 670. The number of methoxy groups -OCH3 is 1. The lowest BCUT2D eigenvalue weighted by Gasteiger charge is -2.11. The van der Waals surface area contributed by atoms with Crippen LogP contribution >= 0.6 is 11.3 Å². The highest BCUT2D eigenvalue weighted by Gasteiger charge is 2.10. The monoisotopic (exact) mass is 321 g/mol. The van der Waals surface area contributed by atoms with E-state index in [-0.39, 0.29) is 12.5 Å². The zero-order chi connectivity index (χ0) is 16.1. The molecular formula is C15H19N3O3S. The maximum atomic E-state index is 11.9. The molecule has 2 rings (SSSR count). The standard InChI is InChI=1S/C15H19N3O3S/c1-9-5-10(2)11(3)12(6-9)21-7-13(19)16-15-18-17-14(22-15)8-20-4/h5-6H,7-8H2,1-4H3,(H,16,18,19). The number of hydrogen-bond donors (Lipinski definition) is 1. The van der Waals surface area contributed by atoms with Crippen molar-refractivity contribution in [3.8, 4) is 5.75 Å². The predicted octanol–water partition coefficient (Wildman–Crippen LogP) is 2.63. The Labute approximate surface area is 133 Å². The molecule has 7 heteroatoms. The molecule has 1 N–H and O–H groups in total. The molecule has 0 aliphatic rings. The first-order valence-corrected chi connectivity index (χ1v) is 7.63. The number of ether oxygens (including phenoxy) is 2. The third-order valence-corrected chi connectivity index (χ3v) is 3.92. The number of aromatic nitrogens is 2. The minimum Gasteiger partial charge on any atom is -0.483 e. The Kier molecular flexibility index (Phi) is 5.46. The molecule has 0 bridgehead atoms. The zero-order valence-electron chi connectivity index (χ0n) is 13.1. The van der Waals surface area contributed by atoms with Crippen LogP contribution in [0.2, 0.25) is 0 Å². The molecule has 0 radical (unpaired) electrons. The highest BCUT2D eigenvalue weighted by Crippen LogP contribution is 2.23. The fourth-order valence-electron chi connectivity index (χ4n) is 1.94. The maximum Gasteiger partial charge on any atom is 0.264 e. The average Bonchev–Trinajstić information content (AvgIpc) is 2.89. The van der Waals surface area contributed by atoms with Gasteiger partial charge in [0.05, 0.1) is 0 Å². The molecule has 0 fully saturated rings. The molecule has 2 aromatic rings. The molecule has 0 saturated heterocycles. The van der Waals surface area contributed by atoms with Crippen LogP contribution in [0.5, 0.6) is 5.75 Å². The van der Waals surface area contributed by atoms with Gasteiger partial charge in [0.25, 0.3) is 5.91 Å². The lowest BCUT2D eigenvalue weighted by molar-refractivity contribution is -0.118. The first-order chi connectivity index (χ1) is 10.5. The Hall–Kier alpha value is -1.99. The van der Waals surface area contributed by atoms with Crippen molar-refractivity contribution in [2.24, 2.45) is 0 Å². The zero-order valence-corrected chi connectivity index (χ0v) is 13.9. The smallest absolute Gasteiger partial charge is 0.264 e. The topological polar surface area (TPSA) is 73.3 Å². The molecule has 1 heterocycles. The summed E-state index contributed by atoms with van der Waals surface area (Å²) in [6.45, 7) is 6.31. The number of rotatable bonds is 6. The van der Waals surface area contributed by atoms with Gasteiger partial charge in [-0.25, -0.2) is 0 Å². The van der Waals surface area contributed by atoms with Crippen molar-refractivity contribution in [2.75, 3.05) is 19.0 Å². The molecule has 1 aromatic heterocycles. The van der Waals surface area contributed by atoms with Gasteiger partial charge in [-0.15, -0.1) is 10.2 Å². The minimum atomic E-state index is -0.265. The molecule has 0 unspecified atom stereocenters. The van der Waals surface area contributed by atoms with E-state index in [1.165, 1.54) is 11.3 Å². The van der Waals surface area contributed by atoms with Gasteiger partial charge in [0.2, 0.25) is 5.13 Å². The van der Waals surface area contributed by atoms with Crippen LogP contribution in [0.3, 0.4) is 0 Å². The molecule has 118 valence electrons.